The van der Waals surface area contributed by atoms with Gasteiger partial charge < -0.3 is 10.4 Å². The minimum Gasteiger partial charge on any atom is -0.394 e. The van der Waals surface area contributed by atoms with Gasteiger partial charge in [-0.2, -0.15) is 13.2 Å². The maximum Gasteiger partial charge on any atom is 0.401 e. The maximum atomic E-state index is 12.1. The predicted molar refractivity (Wildman–Crippen MR) is 56.1 cm³/mol. The number of aliphatic hydroxyl groups is 1. The third kappa shape index (κ3) is 3.94. The molecule has 0 amide bonds. The molecule has 0 aromatic carbocycles. The highest BCUT2D eigenvalue weighted by molar-refractivity contribution is 4.92. The van der Waals surface area contributed by atoms with Crippen molar-refractivity contribution in [1.29, 1.82) is 0 Å². The molecule has 2 N–H and O–H groups in total. The summed E-state index contributed by atoms with van der Waals surface area (Å²) in [7, 11) is 0. The maximum absolute atomic E-state index is 12.1. The number of halogens is 3. The van der Waals surface area contributed by atoms with Crippen molar-refractivity contribution in [2.45, 2.75) is 50.7 Å². The van der Waals surface area contributed by atoms with E-state index in [1.165, 1.54) is 0 Å². The Bertz CT molecular complexity index is 210. The van der Waals surface area contributed by atoms with E-state index in [1.807, 2.05) is 0 Å². The molecular formula is C11H20F3NO. The number of nitrogens with one attached hydrogen (secondary N) is 1. The Morgan fingerprint density at radius 2 is 1.88 bits per heavy atom. The van der Waals surface area contributed by atoms with Gasteiger partial charge in [0.05, 0.1) is 13.2 Å². The van der Waals surface area contributed by atoms with Crippen LogP contribution in [0.1, 0.15) is 39.0 Å². The van der Waals surface area contributed by atoms with Crippen molar-refractivity contribution >= 4 is 0 Å². The molecule has 0 unspecified atom stereocenters. The average molecular weight is 239 g/mol. The average Bonchev–Trinajstić information content (AvgIpc) is 2.26. The fourth-order valence-corrected chi connectivity index (χ4v) is 2.32. The summed E-state index contributed by atoms with van der Waals surface area (Å²) < 4.78 is 36.3. The molecule has 0 radical (unpaired) electrons. The summed E-state index contributed by atoms with van der Waals surface area (Å²) in [6, 6.07) is 0. The van der Waals surface area contributed by atoms with Crippen LogP contribution in [0.4, 0.5) is 13.2 Å². The molecule has 0 atom stereocenters. The Balaban J connectivity index is 2.46. The lowest BCUT2D eigenvalue weighted by molar-refractivity contribution is -0.131. The fourth-order valence-electron chi connectivity index (χ4n) is 2.32. The topological polar surface area (TPSA) is 32.3 Å². The van der Waals surface area contributed by atoms with Gasteiger partial charge in [-0.3, -0.25) is 0 Å². The van der Waals surface area contributed by atoms with Crippen LogP contribution in [0.15, 0.2) is 0 Å². The zero-order valence-electron chi connectivity index (χ0n) is 9.61. The molecule has 0 aromatic rings. The van der Waals surface area contributed by atoms with E-state index in [0.717, 1.165) is 19.3 Å². The molecule has 2 nitrogen and oxygen atoms in total. The molecule has 96 valence electrons. The standard InChI is InChI=1S/C11H20F3NO/c1-2-9-3-5-10(8-16,6-4-9)15-7-11(12,13)14/h9,15-16H,2-8H2,1H3. The molecule has 1 aliphatic rings. The SMILES string of the molecule is CCC1CCC(CO)(NCC(F)(F)F)CC1. The lowest BCUT2D eigenvalue weighted by atomic mass is 9.76. The molecule has 0 saturated heterocycles. The lowest BCUT2D eigenvalue weighted by Crippen LogP contribution is -2.53. The van der Waals surface area contributed by atoms with E-state index in [1.54, 1.807) is 0 Å². The van der Waals surface area contributed by atoms with Crippen LogP contribution >= 0.6 is 0 Å². The van der Waals surface area contributed by atoms with Crippen molar-refractivity contribution in [2.24, 2.45) is 5.92 Å². The van der Waals surface area contributed by atoms with Crippen molar-refractivity contribution < 1.29 is 18.3 Å². The minimum atomic E-state index is -4.20. The third-order valence-electron chi connectivity index (χ3n) is 3.61. The molecule has 1 saturated carbocycles. The number of hydrogen-bond acceptors (Lipinski definition) is 2. The number of hydrogen-bond donors (Lipinski definition) is 2. The summed E-state index contributed by atoms with van der Waals surface area (Å²) in [5.41, 5.74) is -0.707. The van der Waals surface area contributed by atoms with Crippen molar-refractivity contribution in [3.05, 3.63) is 0 Å². The van der Waals surface area contributed by atoms with Crippen molar-refractivity contribution in [3.8, 4) is 0 Å². The van der Waals surface area contributed by atoms with Gasteiger partial charge in [0, 0.05) is 5.54 Å². The lowest BCUT2D eigenvalue weighted by Gasteiger charge is -2.39. The smallest absolute Gasteiger partial charge is 0.394 e. The molecule has 1 rings (SSSR count). The second-order valence-corrected chi connectivity index (χ2v) is 4.76. The highest BCUT2D eigenvalue weighted by Gasteiger charge is 2.37. The van der Waals surface area contributed by atoms with Crippen LogP contribution in [0.25, 0.3) is 0 Å². The van der Waals surface area contributed by atoms with E-state index in [-0.39, 0.29) is 6.61 Å². The molecule has 0 heterocycles. The molecule has 1 aliphatic carbocycles. The summed E-state index contributed by atoms with van der Waals surface area (Å²) in [6.07, 6.45) is -0.0510. The first kappa shape index (κ1) is 13.8. The molecule has 16 heavy (non-hydrogen) atoms. The summed E-state index contributed by atoms with van der Waals surface area (Å²) in [5.74, 6) is 0.604. The zero-order chi connectivity index (χ0) is 12.2. The Morgan fingerprint density at radius 1 is 1.31 bits per heavy atom. The normalized spacial score (nSPS) is 31.7. The van der Waals surface area contributed by atoms with Crippen LogP contribution in [0.3, 0.4) is 0 Å². The van der Waals surface area contributed by atoms with E-state index >= 15 is 0 Å². The number of alkyl halides is 3. The minimum absolute atomic E-state index is 0.209. The van der Waals surface area contributed by atoms with Crippen molar-refractivity contribution in [2.75, 3.05) is 13.2 Å². The second-order valence-electron chi connectivity index (χ2n) is 4.76. The third-order valence-corrected chi connectivity index (χ3v) is 3.61. The van der Waals surface area contributed by atoms with Crippen LogP contribution in [-0.4, -0.2) is 30.0 Å². The van der Waals surface area contributed by atoms with Gasteiger partial charge in [0.1, 0.15) is 0 Å². The van der Waals surface area contributed by atoms with Crippen molar-refractivity contribution in [1.82, 2.24) is 5.32 Å². The van der Waals surface area contributed by atoms with Crippen LogP contribution in [0.5, 0.6) is 0 Å². The van der Waals surface area contributed by atoms with Crippen LogP contribution in [0, 0.1) is 5.92 Å². The highest BCUT2D eigenvalue weighted by atomic mass is 19.4. The van der Waals surface area contributed by atoms with Crippen LogP contribution in [0.2, 0.25) is 0 Å². The Labute approximate surface area is 94.2 Å². The zero-order valence-corrected chi connectivity index (χ0v) is 9.61. The highest BCUT2D eigenvalue weighted by Crippen LogP contribution is 2.33. The van der Waals surface area contributed by atoms with Gasteiger partial charge in [0.15, 0.2) is 0 Å². The van der Waals surface area contributed by atoms with Gasteiger partial charge in [-0.05, 0) is 31.6 Å². The Hall–Kier alpha value is -0.290. The van der Waals surface area contributed by atoms with Gasteiger partial charge in [-0.25, -0.2) is 0 Å². The largest absolute Gasteiger partial charge is 0.401 e. The van der Waals surface area contributed by atoms with E-state index < -0.39 is 18.3 Å². The van der Waals surface area contributed by atoms with E-state index in [4.69, 9.17) is 0 Å². The van der Waals surface area contributed by atoms with Gasteiger partial charge in [-0.1, -0.05) is 13.3 Å². The first-order valence-electron chi connectivity index (χ1n) is 5.83. The van der Waals surface area contributed by atoms with Gasteiger partial charge in [0.25, 0.3) is 0 Å². The summed E-state index contributed by atoms with van der Waals surface area (Å²) >= 11 is 0. The fraction of sp³-hybridized carbons (Fsp3) is 1.00. The Morgan fingerprint density at radius 3 is 2.25 bits per heavy atom. The molecule has 0 aliphatic heterocycles. The monoisotopic (exact) mass is 239 g/mol. The molecule has 0 aromatic heterocycles. The van der Waals surface area contributed by atoms with Gasteiger partial charge in [-0.15, -0.1) is 0 Å². The predicted octanol–water partition coefficient (Wildman–Crippen LogP) is 2.47. The molecule has 0 spiro atoms. The summed E-state index contributed by atoms with van der Waals surface area (Å²) in [6.45, 7) is 0.879. The molecule has 5 heteroatoms. The second kappa shape index (κ2) is 5.36. The first-order valence-corrected chi connectivity index (χ1v) is 5.83. The Kier molecular flexibility index (Phi) is 4.62. The van der Waals surface area contributed by atoms with Gasteiger partial charge >= 0.3 is 6.18 Å². The molecule has 1 fully saturated rings. The number of aliphatic hydroxyl groups excluding tert-OH is 1. The summed E-state index contributed by atoms with van der Waals surface area (Å²) in [5, 5.41) is 11.8. The van der Waals surface area contributed by atoms with Crippen LogP contribution in [-0.2, 0) is 0 Å². The molecule has 0 bridgehead atoms. The first-order chi connectivity index (χ1) is 7.41. The van der Waals surface area contributed by atoms with E-state index in [0.29, 0.717) is 18.8 Å². The van der Waals surface area contributed by atoms with Gasteiger partial charge in [0.2, 0.25) is 0 Å². The molecular weight excluding hydrogens is 219 g/mol. The van der Waals surface area contributed by atoms with Crippen LogP contribution < -0.4 is 5.32 Å². The van der Waals surface area contributed by atoms with E-state index in [9.17, 15) is 18.3 Å². The number of rotatable bonds is 4. The van der Waals surface area contributed by atoms with Crippen molar-refractivity contribution in [3.63, 3.8) is 0 Å². The van der Waals surface area contributed by atoms with E-state index in [2.05, 4.69) is 12.2 Å². The quantitative estimate of drug-likeness (QED) is 0.790. The summed E-state index contributed by atoms with van der Waals surface area (Å²) in [4.78, 5) is 0.